The van der Waals surface area contributed by atoms with E-state index in [0.29, 0.717) is 18.8 Å². The number of furan rings is 1. The Labute approximate surface area is 164 Å². The van der Waals surface area contributed by atoms with Gasteiger partial charge in [-0.25, -0.2) is 0 Å². The van der Waals surface area contributed by atoms with Gasteiger partial charge < -0.3 is 19.0 Å². The molecule has 1 amide bonds. The fourth-order valence-corrected chi connectivity index (χ4v) is 4.39. The van der Waals surface area contributed by atoms with E-state index in [1.54, 1.807) is 7.11 Å². The number of aromatic nitrogens is 1. The molecule has 4 heterocycles. The van der Waals surface area contributed by atoms with Crippen molar-refractivity contribution in [3.63, 3.8) is 0 Å². The van der Waals surface area contributed by atoms with Crippen LogP contribution in [-0.2, 0) is 19.5 Å². The number of nitrogens with one attached hydrogen (secondary N) is 1. The lowest BCUT2D eigenvalue weighted by Gasteiger charge is -2.26. The van der Waals surface area contributed by atoms with E-state index < -0.39 is 0 Å². The Morgan fingerprint density at radius 1 is 1.18 bits per heavy atom. The SMILES string of the molecule is COc1ccc2[nH]c3c(c2c1)CN(C(=O)c1ccc(CN2CCCC2)o1)CC3. The predicted molar refractivity (Wildman–Crippen MR) is 107 cm³/mol. The van der Waals surface area contributed by atoms with Crippen LogP contribution in [0.1, 0.15) is 40.4 Å². The number of carbonyl (C=O) groups excluding carboxylic acids is 1. The van der Waals surface area contributed by atoms with E-state index in [1.165, 1.54) is 24.1 Å². The molecule has 5 rings (SSSR count). The molecule has 1 aromatic carbocycles. The van der Waals surface area contributed by atoms with Gasteiger partial charge in [0.1, 0.15) is 11.5 Å². The van der Waals surface area contributed by atoms with Crippen LogP contribution in [0.4, 0.5) is 0 Å². The van der Waals surface area contributed by atoms with Gasteiger partial charge in [-0.15, -0.1) is 0 Å². The predicted octanol–water partition coefficient (Wildman–Crippen LogP) is 3.56. The largest absolute Gasteiger partial charge is 0.497 e. The van der Waals surface area contributed by atoms with E-state index in [2.05, 4.69) is 9.88 Å². The second-order valence-corrected chi connectivity index (χ2v) is 7.72. The number of nitrogens with zero attached hydrogens (tertiary/aromatic N) is 2. The summed E-state index contributed by atoms with van der Waals surface area (Å²) in [5.74, 6) is 2.11. The molecule has 0 bridgehead atoms. The Hall–Kier alpha value is -2.73. The molecular formula is C22H25N3O3. The van der Waals surface area contributed by atoms with Crippen LogP contribution in [0, 0.1) is 0 Å². The molecule has 2 aliphatic heterocycles. The monoisotopic (exact) mass is 379 g/mol. The number of amides is 1. The minimum absolute atomic E-state index is 0.0319. The van der Waals surface area contributed by atoms with Crippen LogP contribution < -0.4 is 4.74 Å². The zero-order valence-electron chi connectivity index (χ0n) is 16.2. The zero-order valence-corrected chi connectivity index (χ0v) is 16.2. The van der Waals surface area contributed by atoms with E-state index >= 15 is 0 Å². The molecule has 0 aliphatic carbocycles. The van der Waals surface area contributed by atoms with Gasteiger partial charge >= 0.3 is 0 Å². The van der Waals surface area contributed by atoms with E-state index in [4.69, 9.17) is 9.15 Å². The van der Waals surface area contributed by atoms with Gasteiger partial charge in [0.05, 0.1) is 13.7 Å². The van der Waals surface area contributed by atoms with Crippen molar-refractivity contribution in [1.82, 2.24) is 14.8 Å². The maximum Gasteiger partial charge on any atom is 0.289 e. The summed E-state index contributed by atoms with van der Waals surface area (Å²) in [7, 11) is 1.67. The van der Waals surface area contributed by atoms with Gasteiger partial charge in [0.15, 0.2) is 5.76 Å². The highest BCUT2D eigenvalue weighted by atomic mass is 16.5. The van der Waals surface area contributed by atoms with Crippen molar-refractivity contribution in [3.8, 4) is 5.75 Å². The number of hydrogen-bond donors (Lipinski definition) is 1. The van der Waals surface area contributed by atoms with Gasteiger partial charge in [-0.2, -0.15) is 0 Å². The molecule has 0 radical (unpaired) electrons. The summed E-state index contributed by atoms with van der Waals surface area (Å²) < 4.78 is 11.3. The number of rotatable bonds is 4. The molecular weight excluding hydrogens is 354 g/mol. The average Bonchev–Trinajstić information content (AvgIpc) is 3.47. The molecule has 1 fully saturated rings. The van der Waals surface area contributed by atoms with Crippen molar-refractivity contribution in [2.75, 3.05) is 26.7 Å². The number of fused-ring (bicyclic) bond motifs is 3. The van der Waals surface area contributed by atoms with Crippen LogP contribution in [0.2, 0.25) is 0 Å². The van der Waals surface area contributed by atoms with Crippen molar-refractivity contribution in [3.05, 3.63) is 53.1 Å². The van der Waals surface area contributed by atoms with Gasteiger partial charge in [0.25, 0.3) is 5.91 Å². The second-order valence-electron chi connectivity index (χ2n) is 7.72. The van der Waals surface area contributed by atoms with Crippen LogP contribution in [0.3, 0.4) is 0 Å². The molecule has 1 N–H and O–H groups in total. The Morgan fingerprint density at radius 2 is 2.04 bits per heavy atom. The molecule has 6 nitrogen and oxygen atoms in total. The summed E-state index contributed by atoms with van der Waals surface area (Å²) in [5.41, 5.74) is 3.48. The van der Waals surface area contributed by atoms with Gasteiger partial charge in [-0.05, 0) is 56.3 Å². The number of aromatic amines is 1. The first-order valence-corrected chi connectivity index (χ1v) is 9.99. The summed E-state index contributed by atoms with van der Waals surface area (Å²) >= 11 is 0. The molecule has 0 unspecified atom stereocenters. The Balaban J connectivity index is 1.35. The van der Waals surface area contributed by atoms with Crippen molar-refractivity contribution in [2.45, 2.75) is 32.4 Å². The zero-order chi connectivity index (χ0) is 19.1. The van der Waals surface area contributed by atoms with Crippen molar-refractivity contribution in [1.29, 1.82) is 0 Å². The first-order chi connectivity index (χ1) is 13.7. The van der Waals surface area contributed by atoms with Crippen LogP contribution >= 0.6 is 0 Å². The fraction of sp³-hybridized carbons (Fsp3) is 0.409. The summed E-state index contributed by atoms with van der Waals surface area (Å²) in [5, 5.41) is 1.13. The Bertz CT molecular complexity index is 1010. The second kappa shape index (κ2) is 7.02. The highest BCUT2D eigenvalue weighted by Gasteiger charge is 2.27. The average molecular weight is 379 g/mol. The number of H-pyrrole nitrogens is 1. The van der Waals surface area contributed by atoms with E-state index in [0.717, 1.165) is 48.5 Å². The lowest BCUT2D eigenvalue weighted by atomic mass is 10.0. The molecule has 0 spiro atoms. The molecule has 2 aromatic heterocycles. The third-order valence-corrected chi connectivity index (χ3v) is 5.92. The standard InChI is InChI=1S/C22H25N3O3/c1-27-15-4-6-19-17(12-15)18-14-25(11-8-20(18)23-19)22(26)21-7-5-16(28-21)13-24-9-2-3-10-24/h4-7,12,23H,2-3,8-11,13-14H2,1H3. The smallest absolute Gasteiger partial charge is 0.289 e. The lowest BCUT2D eigenvalue weighted by Crippen LogP contribution is -2.35. The maximum atomic E-state index is 13.0. The number of hydrogen-bond acceptors (Lipinski definition) is 4. The summed E-state index contributed by atoms with van der Waals surface area (Å²) in [6.07, 6.45) is 3.31. The lowest BCUT2D eigenvalue weighted by molar-refractivity contribution is 0.0699. The van der Waals surface area contributed by atoms with Crippen molar-refractivity contribution in [2.24, 2.45) is 0 Å². The van der Waals surface area contributed by atoms with Crippen molar-refractivity contribution >= 4 is 16.8 Å². The van der Waals surface area contributed by atoms with E-state index in [9.17, 15) is 4.79 Å². The van der Waals surface area contributed by atoms with Gasteiger partial charge in [-0.1, -0.05) is 0 Å². The molecule has 0 atom stereocenters. The number of likely N-dealkylation sites (tertiary alicyclic amines) is 1. The van der Waals surface area contributed by atoms with E-state index in [-0.39, 0.29) is 5.91 Å². The van der Waals surface area contributed by atoms with Crippen LogP contribution in [0.25, 0.3) is 10.9 Å². The summed E-state index contributed by atoms with van der Waals surface area (Å²) in [6.45, 7) is 4.30. The highest BCUT2D eigenvalue weighted by Crippen LogP contribution is 2.31. The molecule has 146 valence electrons. The highest BCUT2D eigenvalue weighted by molar-refractivity contribution is 5.93. The first-order valence-electron chi connectivity index (χ1n) is 9.99. The Kier molecular flexibility index (Phi) is 4.36. The third-order valence-electron chi connectivity index (χ3n) is 5.92. The number of ether oxygens (including phenoxy) is 1. The molecule has 6 heteroatoms. The molecule has 0 saturated carbocycles. The number of methoxy groups -OCH3 is 1. The normalized spacial score (nSPS) is 17.2. The summed E-state index contributed by atoms with van der Waals surface area (Å²) in [6, 6.07) is 9.80. The molecule has 3 aromatic rings. The van der Waals surface area contributed by atoms with Crippen LogP contribution in [-0.4, -0.2) is 47.4 Å². The maximum absolute atomic E-state index is 13.0. The third kappa shape index (κ3) is 3.07. The minimum atomic E-state index is -0.0319. The number of carbonyl (C=O) groups is 1. The van der Waals surface area contributed by atoms with Gasteiger partial charge in [-0.3, -0.25) is 9.69 Å². The quantitative estimate of drug-likeness (QED) is 0.753. The first kappa shape index (κ1) is 17.4. The van der Waals surface area contributed by atoms with Crippen molar-refractivity contribution < 1.29 is 13.9 Å². The van der Waals surface area contributed by atoms with Gasteiger partial charge in [0, 0.05) is 41.7 Å². The van der Waals surface area contributed by atoms with E-state index in [1.807, 2.05) is 35.2 Å². The van der Waals surface area contributed by atoms with Gasteiger partial charge in [0.2, 0.25) is 0 Å². The van der Waals surface area contributed by atoms with Crippen LogP contribution in [0.5, 0.6) is 5.75 Å². The topological polar surface area (TPSA) is 61.7 Å². The fourth-order valence-electron chi connectivity index (χ4n) is 4.39. The Morgan fingerprint density at radius 3 is 2.86 bits per heavy atom. The molecule has 28 heavy (non-hydrogen) atoms. The minimum Gasteiger partial charge on any atom is -0.497 e. The molecule has 2 aliphatic rings. The number of benzene rings is 1. The van der Waals surface area contributed by atoms with Crippen LogP contribution in [0.15, 0.2) is 34.7 Å². The summed E-state index contributed by atoms with van der Waals surface area (Å²) in [4.78, 5) is 20.8. The molecule has 1 saturated heterocycles.